The Balaban J connectivity index is 2.01. The molecule has 7 nitrogen and oxygen atoms in total. The molecule has 2 aromatic carbocycles. The maximum Gasteiger partial charge on any atom is 0.336 e. The summed E-state index contributed by atoms with van der Waals surface area (Å²) in [4.78, 5) is 21.5. The quantitative estimate of drug-likeness (QED) is 0.224. The Bertz CT molecular complexity index is 736. The van der Waals surface area contributed by atoms with Crippen molar-refractivity contribution in [2.24, 2.45) is 0 Å². The number of benzene rings is 2. The summed E-state index contributed by atoms with van der Waals surface area (Å²) in [6, 6.07) is 9.16. The highest BCUT2D eigenvalue weighted by molar-refractivity contribution is 5.88. The normalized spacial score (nSPS) is 10.5. The number of aromatic hydroxyl groups is 2. The summed E-state index contributed by atoms with van der Waals surface area (Å²) in [5.41, 5.74) is 0.394. The standard InChI is InChI=1S/C15H11NO6/c17-13-7-1-10(9-14(13)18)2-8-15(19)22-12-5-3-11(4-6-12)16(20)21/h1-9,17-18H/b8-2+. The third-order valence-corrected chi connectivity index (χ3v) is 2.68. The van der Waals surface area contributed by atoms with E-state index in [1.54, 1.807) is 0 Å². The molecule has 2 N–H and O–H groups in total. The molecule has 0 aliphatic heterocycles. The van der Waals surface area contributed by atoms with Crippen LogP contribution in [0.1, 0.15) is 5.56 Å². The number of nitro benzene ring substituents is 1. The Morgan fingerprint density at radius 3 is 2.36 bits per heavy atom. The van der Waals surface area contributed by atoms with Gasteiger partial charge >= 0.3 is 5.97 Å². The number of carbonyl (C=O) groups is 1. The van der Waals surface area contributed by atoms with Crippen LogP contribution in [0.3, 0.4) is 0 Å². The van der Waals surface area contributed by atoms with Gasteiger partial charge in [0, 0.05) is 18.2 Å². The topological polar surface area (TPSA) is 110 Å². The van der Waals surface area contributed by atoms with Gasteiger partial charge in [-0.1, -0.05) is 6.07 Å². The summed E-state index contributed by atoms with van der Waals surface area (Å²) >= 11 is 0. The van der Waals surface area contributed by atoms with Gasteiger partial charge in [0.15, 0.2) is 11.5 Å². The van der Waals surface area contributed by atoms with Crippen molar-refractivity contribution in [1.29, 1.82) is 0 Å². The van der Waals surface area contributed by atoms with Crippen LogP contribution < -0.4 is 4.74 Å². The van der Waals surface area contributed by atoms with Gasteiger partial charge in [0.2, 0.25) is 0 Å². The highest BCUT2D eigenvalue weighted by atomic mass is 16.6. The zero-order chi connectivity index (χ0) is 16.1. The van der Waals surface area contributed by atoms with Crippen LogP contribution >= 0.6 is 0 Å². The van der Waals surface area contributed by atoms with E-state index in [9.17, 15) is 20.0 Å². The van der Waals surface area contributed by atoms with E-state index in [0.717, 1.165) is 6.08 Å². The first-order chi connectivity index (χ1) is 10.5. The van der Waals surface area contributed by atoms with E-state index in [1.165, 1.54) is 48.5 Å². The van der Waals surface area contributed by atoms with E-state index in [0.29, 0.717) is 5.56 Å². The first-order valence-corrected chi connectivity index (χ1v) is 6.12. The van der Waals surface area contributed by atoms with E-state index < -0.39 is 10.9 Å². The van der Waals surface area contributed by atoms with Gasteiger partial charge < -0.3 is 14.9 Å². The minimum absolute atomic E-state index is 0.102. The van der Waals surface area contributed by atoms with Crippen molar-refractivity contribution in [1.82, 2.24) is 0 Å². The minimum Gasteiger partial charge on any atom is -0.504 e. The molecule has 0 radical (unpaired) electrons. The monoisotopic (exact) mass is 301 g/mol. The largest absolute Gasteiger partial charge is 0.504 e. The predicted molar refractivity (Wildman–Crippen MR) is 77.5 cm³/mol. The van der Waals surface area contributed by atoms with Gasteiger partial charge in [0.25, 0.3) is 5.69 Å². The molecule has 7 heteroatoms. The Hall–Kier alpha value is -3.35. The van der Waals surface area contributed by atoms with Crippen molar-refractivity contribution < 1.29 is 24.7 Å². The molecule has 2 rings (SSSR count). The summed E-state index contributed by atoms with van der Waals surface area (Å²) in [5, 5.41) is 29.0. The number of non-ortho nitro benzene ring substituents is 1. The Morgan fingerprint density at radius 1 is 1.09 bits per heavy atom. The van der Waals surface area contributed by atoms with Crippen LogP contribution in [0.25, 0.3) is 6.08 Å². The zero-order valence-electron chi connectivity index (χ0n) is 11.2. The van der Waals surface area contributed by atoms with Crippen LogP contribution in [0.4, 0.5) is 5.69 Å². The highest BCUT2D eigenvalue weighted by Gasteiger charge is 2.06. The second kappa shape index (κ2) is 6.40. The maximum atomic E-state index is 11.6. The van der Waals surface area contributed by atoms with Crippen LogP contribution in [0.2, 0.25) is 0 Å². The van der Waals surface area contributed by atoms with Gasteiger partial charge in [0.1, 0.15) is 5.75 Å². The van der Waals surface area contributed by atoms with E-state index >= 15 is 0 Å². The van der Waals surface area contributed by atoms with Crippen LogP contribution in [-0.2, 0) is 4.79 Å². The number of hydrogen-bond donors (Lipinski definition) is 2. The fourth-order valence-corrected chi connectivity index (χ4v) is 1.59. The SMILES string of the molecule is O=C(/C=C/c1ccc(O)c(O)c1)Oc1ccc([N+](=O)[O-])cc1. The van der Waals surface area contributed by atoms with Gasteiger partial charge in [-0.2, -0.15) is 0 Å². The summed E-state index contributed by atoms with van der Waals surface area (Å²) in [6.45, 7) is 0. The fraction of sp³-hybridized carbons (Fsp3) is 0. The second-order valence-corrected chi connectivity index (χ2v) is 4.25. The van der Waals surface area contributed by atoms with Gasteiger partial charge in [-0.25, -0.2) is 4.79 Å². The molecule has 0 heterocycles. The smallest absolute Gasteiger partial charge is 0.336 e. The summed E-state index contributed by atoms with van der Waals surface area (Å²) in [6.07, 6.45) is 2.53. The van der Waals surface area contributed by atoms with Crippen molar-refractivity contribution in [3.8, 4) is 17.2 Å². The first-order valence-electron chi connectivity index (χ1n) is 6.12. The Kier molecular flexibility index (Phi) is 4.38. The van der Waals surface area contributed by atoms with Crippen LogP contribution in [0.15, 0.2) is 48.5 Å². The number of hydrogen-bond acceptors (Lipinski definition) is 6. The molecule has 22 heavy (non-hydrogen) atoms. The van der Waals surface area contributed by atoms with E-state index in [2.05, 4.69) is 0 Å². The minimum atomic E-state index is -0.679. The molecule has 0 fully saturated rings. The second-order valence-electron chi connectivity index (χ2n) is 4.25. The maximum absolute atomic E-state index is 11.6. The molecule has 0 saturated carbocycles. The molecule has 0 saturated heterocycles. The van der Waals surface area contributed by atoms with Gasteiger partial charge in [-0.05, 0) is 35.9 Å². The molecule has 0 unspecified atom stereocenters. The van der Waals surface area contributed by atoms with E-state index in [1.807, 2.05) is 0 Å². The first kappa shape index (κ1) is 15.0. The molecule has 0 aliphatic rings. The van der Waals surface area contributed by atoms with E-state index in [4.69, 9.17) is 9.84 Å². The number of nitrogens with zero attached hydrogens (tertiary/aromatic N) is 1. The molecule has 112 valence electrons. The van der Waals surface area contributed by atoms with Gasteiger partial charge in [0.05, 0.1) is 4.92 Å². The lowest BCUT2D eigenvalue weighted by atomic mass is 10.2. The lowest BCUT2D eigenvalue weighted by Crippen LogP contribution is -2.03. The van der Waals surface area contributed by atoms with Crippen LogP contribution in [0.5, 0.6) is 17.2 Å². The Morgan fingerprint density at radius 2 is 1.77 bits per heavy atom. The van der Waals surface area contributed by atoms with Crippen LogP contribution in [-0.4, -0.2) is 21.1 Å². The lowest BCUT2D eigenvalue weighted by molar-refractivity contribution is -0.384. The van der Waals surface area contributed by atoms with Crippen molar-refractivity contribution in [3.63, 3.8) is 0 Å². The molecule has 0 spiro atoms. The number of phenols is 2. The molecule has 2 aromatic rings. The summed E-state index contributed by atoms with van der Waals surface area (Å²) in [5.74, 6) is -1.06. The van der Waals surface area contributed by atoms with Crippen molar-refractivity contribution in [2.75, 3.05) is 0 Å². The number of carbonyl (C=O) groups excluding carboxylic acids is 1. The van der Waals surface area contributed by atoms with Crippen molar-refractivity contribution >= 4 is 17.7 Å². The van der Waals surface area contributed by atoms with Gasteiger partial charge in [-0.15, -0.1) is 0 Å². The zero-order valence-corrected chi connectivity index (χ0v) is 11.2. The average molecular weight is 301 g/mol. The predicted octanol–water partition coefficient (Wildman–Crippen LogP) is 2.62. The number of phenolic OH excluding ortho intramolecular Hbond substituents is 2. The molecular formula is C15H11NO6. The highest BCUT2D eigenvalue weighted by Crippen LogP contribution is 2.25. The molecule has 0 aliphatic carbocycles. The van der Waals surface area contributed by atoms with Crippen molar-refractivity contribution in [2.45, 2.75) is 0 Å². The van der Waals surface area contributed by atoms with E-state index in [-0.39, 0.29) is 22.9 Å². The number of ether oxygens (including phenoxy) is 1. The van der Waals surface area contributed by atoms with Gasteiger partial charge in [-0.3, -0.25) is 10.1 Å². The Labute approximate surface area is 124 Å². The average Bonchev–Trinajstić information content (AvgIpc) is 2.49. The molecule has 0 aromatic heterocycles. The number of esters is 1. The van der Waals surface area contributed by atoms with Crippen LogP contribution in [0, 0.1) is 10.1 Å². The molecule has 0 amide bonds. The molecule has 0 bridgehead atoms. The molecular weight excluding hydrogens is 290 g/mol. The summed E-state index contributed by atoms with van der Waals surface area (Å²) < 4.78 is 4.96. The fourth-order valence-electron chi connectivity index (χ4n) is 1.59. The number of rotatable bonds is 4. The molecule has 0 atom stereocenters. The summed E-state index contributed by atoms with van der Waals surface area (Å²) in [7, 11) is 0. The third kappa shape index (κ3) is 3.83. The van der Waals surface area contributed by atoms with Crippen molar-refractivity contribution in [3.05, 3.63) is 64.2 Å². The lowest BCUT2D eigenvalue weighted by Gasteiger charge is -2.01. The number of nitro groups is 1. The third-order valence-electron chi connectivity index (χ3n) is 2.68.